The number of hydrogen-bond acceptors (Lipinski definition) is 2. The zero-order valence-corrected chi connectivity index (χ0v) is 13.3. The number of amides is 1. The normalized spacial score (nSPS) is 23.2. The molecule has 0 saturated heterocycles. The van der Waals surface area contributed by atoms with Crippen molar-refractivity contribution in [2.45, 2.75) is 25.3 Å². The van der Waals surface area contributed by atoms with Crippen LogP contribution in [0, 0.1) is 5.92 Å². The van der Waals surface area contributed by atoms with Gasteiger partial charge in [0.1, 0.15) is 0 Å². The molecule has 2 rings (SSSR count). The second kappa shape index (κ2) is 6.06. The summed E-state index contributed by atoms with van der Waals surface area (Å²) in [5, 5.41) is 3.05. The van der Waals surface area contributed by atoms with Crippen LogP contribution in [0.5, 0.6) is 0 Å². The lowest BCUT2D eigenvalue weighted by Crippen LogP contribution is -2.38. The van der Waals surface area contributed by atoms with Crippen LogP contribution in [-0.2, 0) is 4.79 Å². The van der Waals surface area contributed by atoms with E-state index >= 15 is 0 Å². The zero-order chi connectivity index (χ0) is 14.0. The van der Waals surface area contributed by atoms with E-state index in [9.17, 15) is 4.79 Å². The molecule has 0 radical (unpaired) electrons. The first-order valence-corrected chi connectivity index (χ1v) is 7.48. The molecule has 0 spiro atoms. The number of nitrogens with zero attached hydrogens (tertiary/aromatic N) is 1. The van der Waals surface area contributed by atoms with Crippen molar-refractivity contribution in [3.63, 3.8) is 0 Å². The molecule has 0 aromatic heterocycles. The van der Waals surface area contributed by atoms with Crippen LogP contribution in [0.25, 0.3) is 0 Å². The van der Waals surface area contributed by atoms with E-state index < -0.39 is 0 Å². The molecule has 3 atom stereocenters. The number of hydrogen-bond donors (Lipinski definition) is 1. The van der Waals surface area contributed by atoms with Gasteiger partial charge in [0, 0.05) is 23.0 Å². The summed E-state index contributed by atoms with van der Waals surface area (Å²) in [6, 6.07) is 8.65. The predicted octanol–water partition coefficient (Wildman–Crippen LogP) is 2.62. The first-order valence-electron chi connectivity index (χ1n) is 6.68. The molecule has 1 aromatic rings. The van der Waals surface area contributed by atoms with E-state index in [4.69, 9.17) is 0 Å². The molecule has 1 N–H and O–H groups in total. The van der Waals surface area contributed by atoms with Crippen molar-refractivity contribution in [1.82, 2.24) is 10.2 Å². The highest BCUT2D eigenvalue weighted by molar-refractivity contribution is 9.10. The summed E-state index contributed by atoms with van der Waals surface area (Å²) < 4.78 is 1.08. The number of benzene rings is 1. The maximum Gasteiger partial charge on any atom is 0.223 e. The molecule has 1 amide bonds. The van der Waals surface area contributed by atoms with E-state index in [1.54, 1.807) is 0 Å². The number of carbonyl (C=O) groups excluding carboxylic acids is 1. The third-order valence-electron chi connectivity index (χ3n) is 3.88. The second-order valence-corrected chi connectivity index (χ2v) is 6.47. The molecular formula is C15H21BrN2O. The lowest BCUT2D eigenvalue weighted by molar-refractivity contribution is -0.122. The highest BCUT2D eigenvalue weighted by Gasteiger charge is 2.43. The lowest BCUT2D eigenvalue weighted by Gasteiger charge is -2.19. The van der Waals surface area contributed by atoms with Crippen LogP contribution in [0.2, 0.25) is 0 Å². The van der Waals surface area contributed by atoms with Crippen LogP contribution in [0.4, 0.5) is 0 Å². The van der Waals surface area contributed by atoms with Crippen molar-refractivity contribution >= 4 is 21.8 Å². The Hall–Kier alpha value is -0.870. The van der Waals surface area contributed by atoms with Crippen LogP contribution >= 0.6 is 15.9 Å². The van der Waals surface area contributed by atoms with Gasteiger partial charge in [-0.25, -0.2) is 0 Å². The minimum absolute atomic E-state index is 0.163. The van der Waals surface area contributed by atoms with Crippen LogP contribution < -0.4 is 5.32 Å². The Labute approximate surface area is 123 Å². The van der Waals surface area contributed by atoms with Crippen molar-refractivity contribution in [3.05, 3.63) is 34.3 Å². The third kappa shape index (κ3) is 3.80. The monoisotopic (exact) mass is 324 g/mol. The van der Waals surface area contributed by atoms with Gasteiger partial charge in [-0.2, -0.15) is 0 Å². The van der Waals surface area contributed by atoms with Gasteiger partial charge in [0.25, 0.3) is 0 Å². The zero-order valence-electron chi connectivity index (χ0n) is 11.7. The fourth-order valence-corrected chi connectivity index (χ4v) is 2.39. The molecule has 1 aliphatic carbocycles. The van der Waals surface area contributed by atoms with Crippen molar-refractivity contribution in [1.29, 1.82) is 0 Å². The van der Waals surface area contributed by atoms with Gasteiger partial charge in [0.2, 0.25) is 5.91 Å². The number of halogens is 1. The topological polar surface area (TPSA) is 32.3 Å². The number of nitrogens with one attached hydrogen (secondary N) is 1. The molecule has 1 saturated carbocycles. The number of rotatable bonds is 5. The SMILES string of the molecule is C[C@H](CNC(=O)[C@@H]1C[C@H]1c1ccc(Br)cc1)N(C)C. The van der Waals surface area contributed by atoms with E-state index in [1.807, 2.05) is 26.2 Å². The van der Waals surface area contributed by atoms with Crippen molar-refractivity contribution < 1.29 is 4.79 Å². The first-order chi connectivity index (χ1) is 8.99. The summed E-state index contributed by atoms with van der Waals surface area (Å²) in [5.41, 5.74) is 1.27. The van der Waals surface area contributed by atoms with Gasteiger partial charge in [-0.1, -0.05) is 28.1 Å². The smallest absolute Gasteiger partial charge is 0.223 e. The van der Waals surface area contributed by atoms with E-state index in [-0.39, 0.29) is 11.8 Å². The molecule has 4 heteroatoms. The second-order valence-electron chi connectivity index (χ2n) is 5.56. The van der Waals surface area contributed by atoms with Crippen LogP contribution in [-0.4, -0.2) is 37.5 Å². The molecule has 1 aromatic carbocycles. The van der Waals surface area contributed by atoms with Crippen molar-refractivity contribution in [2.24, 2.45) is 5.92 Å². The minimum Gasteiger partial charge on any atom is -0.354 e. The van der Waals surface area contributed by atoms with Crippen molar-refractivity contribution in [2.75, 3.05) is 20.6 Å². The Balaban J connectivity index is 1.82. The van der Waals surface area contributed by atoms with E-state index in [0.717, 1.165) is 17.4 Å². The summed E-state index contributed by atoms with van der Waals surface area (Å²) in [4.78, 5) is 14.2. The summed E-state index contributed by atoms with van der Waals surface area (Å²) in [5.74, 6) is 0.764. The van der Waals surface area contributed by atoms with Gasteiger partial charge in [-0.05, 0) is 51.1 Å². The van der Waals surface area contributed by atoms with E-state index in [0.29, 0.717) is 12.0 Å². The molecule has 0 aliphatic heterocycles. The van der Waals surface area contributed by atoms with Crippen LogP contribution in [0.15, 0.2) is 28.7 Å². The Kier molecular flexibility index (Phi) is 4.63. The molecule has 104 valence electrons. The molecular weight excluding hydrogens is 304 g/mol. The molecule has 3 nitrogen and oxygen atoms in total. The van der Waals surface area contributed by atoms with Gasteiger partial charge in [0.05, 0.1) is 0 Å². The highest BCUT2D eigenvalue weighted by Crippen LogP contribution is 2.47. The van der Waals surface area contributed by atoms with Crippen molar-refractivity contribution in [3.8, 4) is 0 Å². The predicted molar refractivity (Wildman–Crippen MR) is 81.1 cm³/mol. The number of likely N-dealkylation sites (N-methyl/N-ethyl adjacent to an activating group) is 1. The largest absolute Gasteiger partial charge is 0.354 e. The third-order valence-corrected chi connectivity index (χ3v) is 4.41. The molecule has 0 bridgehead atoms. The Morgan fingerprint density at radius 1 is 1.42 bits per heavy atom. The summed E-state index contributed by atoms with van der Waals surface area (Å²) >= 11 is 3.43. The lowest BCUT2D eigenvalue weighted by atomic mass is 10.1. The van der Waals surface area contributed by atoms with E-state index in [2.05, 4.69) is 45.2 Å². The minimum atomic E-state index is 0.163. The fourth-order valence-electron chi connectivity index (χ4n) is 2.13. The van der Waals surface area contributed by atoms with Gasteiger partial charge >= 0.3 is 0 Å². The average molecular weight is 325 g/mol. The standard InChI is InChI=1S/C15H21BrN2O/c1-10(18(2)3)9-17-15(19)14-8-13(14)11-4-6-12(16)7-5-11/h4-7,10,13-14H,8-9H2,1-3H3,(H,17,19)/t10-,13+,14-/m1/s1. The van der Waals surface area contributed by atoms with Crippen LogP contribution in [0.1, 0.15) is 24.8 Å². The van der Waals surface area contributed by atoms with Gasteiger partial charge in [0.15, 0.2) is 0 Å². The molecule has 0 heterocycles. The van der Waals surface area contributed by atoms with Gasteiger partial charge in [-0.3, -0.25) is 4.79 Å². The highest BCUT2D eigenvalue weighted by atomic mass is 79.9. The quantitative estimate of drug-likeness (QED) is 0.903. The first kappa shape index (κ1) is 14.5. The number of carbonyl (C=O) groups is 1. The molecule has 1 fully saturated rings. The van der Waals surface area contributed by atoms with Gasteiger partial charge in [-0.15, -0.1) is 0 Å². The van der Waals surface area contributed by atoms with E-state index in [1.165, 1.54) is 5.56 Å². The summed E-state index contributed by atoms with van der Waals surface area (Å²) in [7, 11) is 4.05. The Morgan fingerprint density at radius 3 is 2.63 bits per heavy atom. The fraction of sp³-hybridized carbons (Fsp3) is 0.533. The molecule has 0 unspecified atom stereocenters. The Bertz CT molecular complexity index is 444. The van der Waals surface area contributed by atoms with Crippen LogP contribution in [0.3, 0.4) is 0 Å². The average Bonchev–Trinajstić information content (AvgIpc) is 3.16. The summed E-state index contributed by atoms with van der Waals surface area (Å²) in [6.07, 6.45) is 0.976. The summed E-state index contributed by atoms with van der Waals surface area (Å²) in [6.45, 7) is 2.83. The molecule has 1 aliphatic rings. The maximum atomic E-state index is 12.0. The maximum absolute atomic E-state index is 12.0. The van der Waals surface area contributed by atoms with Gasteiger partial charge < -0.3 is 10.2 Å². The Morgan fingerprint density at radius 2 is 2.05 bits per heavy atom. The molecule has 19 heavy (non-hydrogen) atoms.